The van der Waals surface area contributed by atoms with Gasteiger partial charge < -0.3 is 10.2 Å². The van der Waals surface area contributed by atoms with E-state index in [4.69, 9.17) is 0 Å². The Kier molecular flexibility index (Phi) is 15.5. The van der Waals surface area contributed by atoms with E-state index in [2.05, 4.69) is 20.1 Å². The topological polar surface area (TPSA) is 40.5 Å². The van der Waals surface area contributed by atoms with Gasteiger partial charge in [-0.2, -0.15) is 0 Å². The van der Waals surface area contributed by atoms with Crippen molar-refractivity contribution in [2.75, 3.05) is 0 Å². The van der Waals surface area contributed by atoms with Crippen molar-refractivity contribution in [1.82, 2.24) is 0 Å². The zero-order valence-electron chi connectivity index (χ0n) is 16.1. The molecule has 0 rings (SSSR count). The van der Waals surface area contributed by atoms with Crippen LogP contribution in [0.2, 0.25) is 0 Å². The molecule has 0 saturated carbocycles. The standard InChI is InChI=1S/C22H42O2/c1-4-7-8-9-10-11-12-13-14-15-16-17-21(23)20-22(24,18-5-2)19-6-3/h5-6,21,23-24H,2-4,7-20H2,1H3. The lowest BCUT2D eigenvalue weighted by molar-refractivity contribution is -0.00899. The number of unbranched alkanes of at least 4 members (excludes halogenated alkanes) is 10. The van der Waals surface area contributed by atoms with Gasteiger partial charge in [-0.15, -0.1) is 13.2 Å². The molecular formula is C22H42O2. The summed E-state index contributed by atoms with van der Waals surface area (Å²) in [6.07, 6.45) is 19.7. The van der Waals surface area contributed by atoms with Gasteiger partial charge in [-0.3, -0.25) is 0 Å². The Morgan fingerprint density at radius 1 is 0.792 bits per heavy atom. The summed E-state index contributed by atoms with van der Waals surface area (Å²) in [7, 11) is 0. The molecule has 2 nitrogen and oxygen atoms in total. The summed E-state index contributed by atoms with van der Waals surface area (Å²) in [6.45, 7) is 9.64. The molecule has 0 amide bonds. The molecule has 142 valence electrons. The molecule has 0 aromatic rings. The van der Waals surface area contributed by atoms with E-state index in [1.54, 1.807) is 12.2 Å². The average Bonchev–Trinajstić information content (AvgIpc) is 2.52. The number of hydrogen-bond donors (Lipinski definition) is 2. The second kappa shape index (κ2) is 15.9. The van der Waals surface area contributed by atoms with Crippen LogP contribution in [0, 0.1) is 0 Å². The minimum atomic E-state index is -0.874. The molecule has 0 radical (unpaired) electrons. The molecule has 0 aromatic heterocycles. The van der Waals surface area contributed by atoms with E-state index in [9.17, 15) is 10.2 Å². The summed E-state index contributed by atoms with van der Waals surface area (Å²) in [5, 5.41) is 20.6. The van der Waals surface area contributed by atoms with E-state index in [-0.39, 0.29) is 0 Å². The fourth-order valence-corrected chi connectivity index (χ4v) is 3.37. The highest BCUT2D eigenvalue weighted by Crippen LogP contribution is 2.25. The summed E-state index contributed by atoms with van der Waals surface area (Å²) >= 11 is 0. The Balaban J connectivity index is 3.56. The summed E-state index contributed by atoms with van der Waals surface area (Å²) in [5.41, 5.74) is -0.874. The maximum atomic E-state index is 10.5. The number of hydrogen-bond acceptors (Lipinski definition) is 2. The second-order valence-corrected chi connectivity index (χ2v) is 7.39. The molecule has 1 unspecified atom stereocenters. The largest absolute Gasteiger partial charge is 0.393 e. The predicted molar refractivity (Wildman–Crippen MR) is 106 cm³/mol. The van der Waals surface area contributed by atoms with Crippen molar-refractivity contribution in [3.05, 3.63) is 25.3 Å². The molecule has 24 heavy (non-hydrogen) atoms. The third-order valence-electron chi connectivity index (χ3n) is 4.81. The van der Waals surface area contributed by atoms with E-state index in [0.29, 0.717) is 19.3 Å². The van der Waals surface area contributed by atoms with Crippen molar-refractivity contribution in [2.45, 2.75) is 115 Å². The van der Waals surface area contributed by atoms with Crippen LogP contribution < -0.4 is 0 Å². The quantitative estimate of drug-likeness (QED) is 0.227. The van der Waals surface area contributed by atoms with Gasteiger partial charge in [0.25, 0.3) is 0 Å². The zero-order valence-corrected chi connectivity index (χ0v) is 16.1. The molecule has 1 atom stereocenters. The summed E-state index contributed by atoms with van der Waals surface area (Å²) in [5.74, 6) is 0. The number of aliphatic hydroxyl groups excluding tert-OH is 1. The Morgan fingerprint density at radius 2 is 1.21 bits per heavy atom. The van der Waals surface area contributed by atoms with Crippen LogP contribution in [0.3, 0.4) is 0 Å². The van der Waals surface area contributed by atoms with Crippen LogP contribution in [-0.4, -0.2) is 21.9 Å². The van der Waals surface area contributed by atoms with Gasteiger partial charge in [-0.1, -0.05) is 89.7 Å². The SMILES string of the molecule is C=CCC(O)(CC=C)CC(O)CCCCCCCCCCCCC. The molecule has 2 N–H and O–H groups in total. The van der Waals surface area contributed by atoms with Gasteiger partial charge in [0, 0.05) is 6.42 Å². The van der Waals surface area contributed by atoms with E-state index in [1.165, 1.54) is 64.2 Å². The molecule has 0 aliphatic rings. The predicted octanol–water partition coefficient (Wildman–Crippen LogP) is 6.32. The van der Waals surface area contributed by atoms with Crippen LogP contribution in [0.25, 0.3) is 0 Å². The van der Waals surface area contributed by atoms with Crippen molar-refractivity contribution in [1.29, 1.82) is 0 Å². The Labute approximate surface area is 151 Å². The summed E-state index contributed by atoms with van der Waals surface area (Å²) < 4.78 is 0. The van der Waals surface area contributed by atoms with Crippen molar-refractivity contribution < 1.29 is 10.2 Å². The monoisotopic (exact) mass is 338 g/mol. The summed E-state index contributed by atoms with van der Waals surface area (Å²) in [6, 6.07) is 0. The summed E-state index contributed by atoms with van der Waals surface area (Å²) in [4.78, 5) is 0. The third kappa shape index (κ3) is 13.8. The Morgan fingerprint density at radius 3 is 1.62 bits per heavy atom. The molecular weight excluding hydrogens is 296 g/mol. The van der Waals surface area contributed by atoms with Crippen molar-refractivity contribution in [3.63, 3.8) is 0 Å². The van der Waals surface area contributed by atoms with E-state index < -0.39 is 11.7 Å². The molecule has 0 fully saturated rings. The molecule has 0 aliphatic carbocycles. The fraction of sp³-hybridized carbons (Fsp3) is 0.818. The van der Waals surface area contributed by atoms with Crippen LogP contribution in [0.1, 0.15) is 103 Å². The van der Waals surface area contributed by atoms with E-state index in [0.717, 1.165) is 12.8 Å². The minimum Gasteiger partial charge on any atom is -0.393 e. The van der Waals surface area contributed by atoms with Crippen LogP contribution in [-0.2, 0) is 0 Å². The second-order valence-electron chi connectivity index (χ2n) is 7.39. The first-order valence-electron chi connectivity index (χ1n) is 10.2. The molecule has 2 heteroatoms. The van der Waals surface area contributed by atoms with Crippen LogP contribution in [0.15, 0.2) is 25.3 Å². The molecule has 0 saturated heterocycles. The van der Waals surface area contributed by atoms with Crippen molar-refractivity contribution in [3.8, 4) is 0 Å². The van der Waals surface area contributed by atoms with Gasteiger partial charge >= 0.3 is 0 Å². The van der Waals surface area contributed by atoms with Gasteiger partial charge in [0.1, 0.15) is 0 Å². The molecule has 0 spiro atoms. The zero-order chi connectivity index (χ0) is 18.1. The number of rotatable bonds is 18. The van der Waals surface area contributed by atoms with Gasteiger partial charge in [-0.05, 0) is 19.3 Å². The molecule has 0 aliphatic heterocycles. The van der Waals surface area contributed by atoms with E-state index >= 15 is 0 Å². The smallest absolute Gasteiger partial charge is 0.0740 e. The first kappa shape index (κ1) is 23.4. The first-order chi connectivity index (χ1) is 11.6. The van der Waals surface area contributed by atoms with Gasteiger partial charge in [-0.25, -0.2) is 0 Å². The highest BCUT2D eigenvalue weighted by atomic mass is 16.3. The van der Waals surface area contributed by atoms with Crippen molar-refractivity contribution >= 4 is 0 Å². The van der Waals surface area contributed by atoms with E-state index in [1.807, 2.05) is 0 Å². The number of aliphatic hydroxyl groups is 2. The lowest BCUT2D eigenvalue weighted by Crippen LogP contribution is -2.32. The minimum absolute atomic E-state index is 0.419. The van der Waals surface area contributed by atoms with Gasteiger partial charge in [0.05, 0.1) is 11.7 Å². The lowest BCUT2D eigenvalue weighted by atomic mass is 9.87. The average molecular weight is 339 g/mol. The van der Waals surface area contributed by atoms with Crippen LogP contribution in [0.4, 0.5) is 0 Å². The maximum absolute atomic E-state index is 10.5. The maximum Gasteiger partial charge on any atom is 0.0740 e. The lowest BCUT2D eigenvalue weighted by Gasteiger charge is -2.28. The van der Waals surface area contributed by atoms with Crippen molar-refractivity contribution in [2.24, 2.45) is 0 Å². The highest BCUT2D eigenvalue weighted by molar-refractivity contribution is 4.93. The van der Waals surface area contributed by atoms with Crippen LogP contribution >= 0.6 is 0 Å². The molecule has 0 bridgehead atoms. The third-order valence-corrected chi connectivity index (χ3v) is 4.81. The molecule has 0 aromatic carbocycles. The Bertz CT molecular complexity index is 288. The highest BCUT2D eigenvalue weighted by Gasteiger charge is 2.26. The Hall–Kier alpha value is -0.600. The normalized spacial score (nSPS) is 13.0. The van der Waals surface area contributed by atoms with Gasteiger partial charge in [0.15, 0.2) is 0 Å². The van der Waals surface area contributed by atoms with Gasteiger partial charge in [0.2, 0.25) is 0 Å². The molecule has 0 heterocycles. The van der Waals surface area contributed by atoms with Crippen LogP contribution in [0.5, 0.6) is 0 Å². The first-order valence-corrected chi connectivity index (χ1v) is 10.2. The fourth-order valence-electron chi connectivity index (χ4n) is 3.37.